The maximum atomic E-state index is 4.81. The van der Waals surface area contributed by atoms with Gasteiger partial charge in [-0.3, -0.25) is 9.89 Å². The summed E-state index contributed by atoms with van der Waals surface area (Å²) in [6.07, 6.45) is 4.03. The molecule has 0 bridgehead atoms. The highest BCUT2D eigenvalue weighted by Crippen LogP contribution is 2.15. The molecule has 1 unspecified atom stereocenters. The molecule has 138 valence electrons. The summed E-state index contributed by atoms with van der Waals surface area (Å²) in [6, 6.07) is 0.706. The first-order valence-electron chi connectivity index (χ1n) is 8.74. The highest BCUT2D eigenvalue weighted by Gasteiger charge is 2.17. The molecule has 1 aromatic heterocycles. The number of likely N-dealkylation sites (tertiary alicyclic amines) is 1. The molecule has 2 heterocycles. The van der Waals surface area contributed by atoms with Gasteiger partial charge >= 0.3 is 0 Å². The van der Waals surface area contributed by atoms with Crippen LogP contribution in [-0.4, -0.2) is 60.0 Å². The molecule has 0 aromatic carbocycles. The normalized spacial score (nSPS) is 19.0. The van der Waals surface area contributed by atoms with Crippen LogP contribution in [0.15, 0.2) is 10.4 Å². The third-order valence-corrected chi connectivity index (χ3v) is 5.17. The molecule has 24 heavy (non-hydrogen) atoms. The highest BCUT2D eigenvalue weighted by molar-refractivity contribution is 14.0. The van der Waals surface area contributed by atoms with E-state index < -0.39 is 0 Å². The Kier molecular flexibility index (Phi) is 10.1. The second-order valence-corrected chi connectivity index (χ2v) is 7.39. The highest BCUT2D eigenvalue weighted by atomic mass is 127. The average molecular weight is 465 g/mol. The molecule has 1 N–H and O–H groups in total. The van der Waals surface area contributed by atoms with Crippen LogP contribution in [0.1, 0.15) is 43.8 Å². The summed E-state index contributed by atoms with van der Waals surface area (Å²) in [5, 5.41) is 6.64. The van der Waals surface area contributed by atoms with E-state index in [-0.39, 0.29) is 24.0 Å². The van der Waals surface area contributed by atoms with Crippen LogP contribution in [0.25, 0.3) is 0 Å². The second-order valence-electron chi connectivity index (χ2n) is 6.33. The van der Waals surface area contributed by atoms with E-state index in [0.29, 0.717) is 6.04 Å². The van der Waals surface area contributed by atoms with Crippen molar-refractivity contribution in [2.45, 2.75) is 52.6 Å². The molecule has 0 aliphatic carbocycles. The van der Waals surface area contributed by atoms with Gasteiger partial charge in [0.05, 0.1) is 23.8 Å². The van der Waals surface area contributed by atoms with Gasteiger partial charge in [-0.25, -0.2) is 4.98 Å². The number of aryl methyl sites for hydroxylation is 1. The molecule has 2 rings (SSSR count). The Morgan fingerprint density at radius 2 is 2.29 bits per heavy atom. The monoisotopic (exact) mass is 465 g/mol. The summed E-state index contributed by atoms with van der Waals surface area (Å²) in [7, 11) is 2.08. The van der Waals surface area contributed by atoms with E-state index in [4.69, 9.17) is 4.99 Å². The van der Waals surface area contributed by atoms with Crippen molar-refractivity contribution in [1.82, 2.24) is 20.1 Å². The predicted octanol–water partition coefficient (Wildman–Crippen LogP) is 3.34. The zero-order valence-corrected chi connectivity index (χ0v) is 18.6. The second kappa shape index (κ2) is 11.3. The van der Waals surface area contributed by atoms with Crippen LogP contribution < -0.4 is 5.32 Å². The van der Waals surface area contributed by atoms with Crippen LogP contribution in [0.5, 0.6) is 0 Å². The summed E-state index contributed by atoms with van der Waals surface area (Å²) in [6.45, 7) is 11.3. The van der Waals surface area contributed by atoms with E-state index in [1.165, 1.54) is 25.8 Å². The van der Waals surface area contributed by atoms with Gasteiger partial charge in [0.15, 0.2) is 5.96 Å². The van der Waals surface area contributed by atoms with Crippen LogP contribution >= 0.6 is 35.3 Å². The quantitative estimate of drug-likeness (QED) is 0.398. The molecule has 1 saturated heterocycles. The van der Waals surface area contributed by atoms with Gasteiger partial charge in [-0.05, 0) is 40.2 Å². The van der Waals surface area contributed by atoms with Crippen molar-refractivity contribution >= 4 is 41.3 Å². The zero-order valence-electron chi connectivity index (χ0n) is 15.4. The van der Waals surface area contributed by atoms with Gasteiger partial charge in [-0.15, -0.1) is 35.3 Å². The standard InChI is InChI=1S/C17H31N5S.HI/c1-5-18-17(21(4)12-16-13-23-15(3)20-16)19-9-11-22-10-7-6-8-14(22)2;/h13-14H,5-12H2,1-4H3,(H,18,19);1H. The summed E-state index contributed by atoms with van der Waals surface area (Å²) < 4.78 is 0. The third kappa shape index (κ3) is 6.84. The van der Waals surface area contributed by atoms with Crippen LogP contribution in [0.3, 0.4) is 0 Å². The minimum atomic E-state index is 0. The lowest BCUT2D eigenvalue weighted by atomic mass is 10.0. The molecule has 5 nitrogen and oxygen atoms in total. The maximum Gasteiger partial charge on any atom is 0.194 e. The molecular weight excluding hydrogens is 433 g/mol. The summed E-state index contributed by atoms with van der Waals surface area (Å²) in [4.78, 5) is 14.1. The van der Waals surface area contributed by atoms with Crippen molar-refractivity contribution in [3.63, 3.8) is 0 Å². The van der Waals surface area contributed by atoms with E-state index >= 15 is 0 Å². The van der Waals surface area contributed by atoms with Crippen LogP contribution in [0.2, 0.25) is 0 Å². The number of nitrogens with one attached hydrogen (secondary N) is 1. The van der Waals surface area contributed by atoms with Crippen molar-refractivity contribution in [2.75, 3.05) is 33.2 Å². The lowest BCUT2D eigenvalue weighted by Crippen LogP contribution is -2.41. The van der Waals surface area contributed by atoms with Crippen molar-refractivity contribution in [1.29, 1.82) is 0 Å². The molecule has 1 atom stereocenters. The first-order chi connectivity index (χ1) is 11.1. The molecular formula is C17H32IN5S. The molecule has 0 spiro atoms. The Hall–Kier alpha value is -0.410. The van der Waals surface area contributed by atoms with Gasteiger partial charge in [0.1, 0.15) is 0 Å². The fraction of sp³-hybridized carbons (Fsp3) is 0.765. The predicted molar refractivity (Wildman–Crippen MR) is 115 cm³/mol. The Bertz CT molecular complexity index is 505. The number of aromatic nitrogens is 1. The number of hydrogen-bond acceptors (Lipinski definition) is 4. The number of nitrogens with zero attached hydrogens (tertiary/aromatic N) is 4. The summed E-state index contributed by atoms with van der Waals surface area (Å²) in [5.74, 6) is 0.975. The lowest BCUT2D eigenvalue weighted by molar-refractivity contribution is 0.165. The molecule has 1 aromatic rings. The van der Waals surface area contributed by atoms with Crippen molar-refractivity contribution in [2.24, 2.45) is 4.99 Å². The van der Waals surface area contributed by atoms with E-state index in [9.17, 15) is 0 Å². The Balaban J connectivity index is 0.00000288. The maximum absolute atomic E-state index is 4.81. The van der Waals surface area contributed by atoms with Crippen LogP contribution in [0.4, 0.5) is 0 Å². The van der Waals surface area contributed by atoms with Crippen LogP contribution in [0, 0.1) is 6.92 Å². The van der Waals surface area contributed by atoms with Gasteiger partial charge in [-0.1, -0.05) is 6.42 Å². The lowest BCUT2D eigenvalue weighted by Gasteiger charge is -2.32. The fourth-order valence-corrected chi connectivity index (χ4v) is 3.65. The third-order valence-electron chi connectivity index (χ3n) is 4.35. The largest absolute Gasteiger partial charge is 0.357 e. The SMILES string of the molecule is CCNC(=NCCN1CCCCC1C)N(C)Cc1csc(C)n1.I. The minimum Gasteiger partial charge on any atom is -0.357 e. The summed E-state index contributed by atoms with van der Waals surface area (Å²) >= 11 is 1.70. The Morgan fingerprint density at radius 1 is 1.50 bits per heavy atom. The topological polar surface area (TPSA) is 43.8 Å². The number of aliphatic imine (C=N–C) groups is 1. The van der Waals surface area contributed by atoms with Crippen molar-refractivity contribution < 1.29 is 0 Å². The number of halogens is 1. The van der Waals surface area contributed by atoms with Gasteiger partial charge < -0.3 is 10.2 Å². The first-order valence-corrected chi connectivity index (χ1v) is 9.62. The first kappa shape index (κ1) is 21.6. The number of thiazole rings is 1. The zero-order chi connectivity index (χ0) is 16.7. The van der Waals surface area contributed by atoms with Gasteiger partial charge in [-0.2, -0.15) is 0 Å². The summed E-state index contributed by atoms with van der Waals surface area (Å²) in [5.41, 5.74) is 1.12. The molecule has 0 amide bonds. The number of guanidine groups is 1. The number of hydrogen-bond donors (Lipinski definition) is 1. The van der Waals surface area contributed by atoms with Crippen molar-refractivity contribution in [3.05, 3.63) is 16.1 Å². The smallest absolute Gasteiger partial charge is 0.194 e. The van der Waals surface area contributed by atoms with Gasteiger partial charge in [0.2, 0.25) is 0 Å². The molecule has 1 aliphatic heterocycles. The molecule has 1 aliphatic rings. The van der Waals surface area contributed by atoms with Crippen LogP contribution in [-0.2, 0) is 6.54 Å². The molecule has 7 heteroatoms. The molecule has 0 radical (unpaired) electrons. The van der Waals surface area contributed by atoms with Gasteiger partial charge in [0, 0.05) is 31.6 Å². The van der Waals surface area contributed by atoms with E-state index in [1.54, 1.807) is 11.3 Å². The number of rotatable bonds is 6. The van der Waals surface area contributed by atoms with E-state index in [1.807, 2.05) is 6.92 Å². The molecule has 1 fully saturated rings. The van der Waals surface area contributed by atoms with Gasteiger partial charge in [0.25, 0.3) is 0 Å². The Labute approximate surface area is 168 Å². The minimum absolute atomic E-state index is 0. The van der Waals surface area contributed by atoms with Crippen molar-refractivity contribution in [3.8, 4) is 0 Å². The Morgan fingerprint density at radius 3 is 2.92 bits per heavy atom. The molecule has 0 saturated carbocycles. The fourth-order valence-electron chi connectivity index (χ4n) is 3.04. The van der Waals surface area contributed by atoms with E-state index in [2.05, 4.69) is 46.4 Å². The van der Waals surface area contributed by atoms with E-state index in [0.717, 1.165) is 42.8 Å². The number of piperidine rings is 1. The average Bonchev–Trinajstić information content (AvgIpc) is 2.93.